The molecule has 1 saturated carbocycles. The molecule has 1 aromatic heterocycles. The van der Waals surface area contributed by atoms with Gasteiger partial charge in [-0.25, -0.2) is 0 Å². The summed E-state index contributed by atoms with van der Waals surface area (Å²) in [6.45, 7) is 9.98. The Morgan fingerprint density at radius 2 is 1.77 bits per heavy atom. The van der Waals surface area contributed by atoms with E-state index in [1.807, 2.05) is 0 Å². The van der Waals surface area contributed by atoms with Crippen LogP contribution >= 0.6 is 0 Å². The fraction of sp³-hybridized carbons (Fsp3) is 0.778. The summed E-state index contributed by atoms with van der Waals surface area (Å²) < 4.78 is 0. The van der Waals surface area contributed by atoms with Crippen LogP contribution in [0, 0.1) is 0 Å². The molecular weight excluding hydrogens is 492 g/mol. The first kappa shape index (κ1) is 29.4. The summed E-state index contributed by atoms with van der Waals surface area (Å²) in [4.78, 5) is 16.4. The van der Waals surface area contributed by atoms with Gasteiger partial charge in [-0.3, -0.25) is 4.99 Å². The summed E-state index contributed by atoms with van der Waals surface area (Å²) in [6, 6.07) is 3.21. The summed E-state index contributed by atoms with van der Waals surface area (Å²) in [6.07, 6.45) is 11.7. The molecule has 3 heterocycles. The highest BCUT2D eigenvalue weighted by molar-refractivity contribution is 6.32. The van der Waals surface area contributed by atoms with Gasteiger partial charge in [-0.2, -0.15) is 15.1 Å². The van der Waals surface area contributed by atoms with E-state index in [2.05, 4.69) is 53.0 Å². The molecule has 218 valence electrons. The van der Waals surface area contributed by atoms with E-state index >= 15 is 0 Å². The number of hydrazone groups is 1. The van der Waals surface area contributed by atoms with Gasteiger partial charge in [0, 0.05) is 70.2 Å². The number of nitrogens with one attached hydrogen (secondary N) is 6. The number of anilines is 3. The maximum absolute atomic E-state index is 5.66. The van der Waals surface area contributed by atoms with E-state index in [0.717, 1.165) is 102 Å². The fourth-order valence-corrected chi connectivity index (χ4v) is 5.37. The van der Waals surface area contributed by atoms with Gasteiger partial charge < -0.3 is 42.6 Å². The number of piperidine rings is 1. The Hall–Kier alpha value is -2.54. The maximum atomic E-state index is 5.66. The van der Waals surface area contributed by atoms with Crippen molar-refractivity contribution in [1.29, 1.82) is 0 Å². The lowest BCUT2D eigenvalue weighted by molar-refractivity contribution is 0.372. The highest BCUT2D eigenvalue weighted by Crippen LogP contribution is 2.21. The van der Waals surface area contributed by atoms with Crippen molar-refractivity contribution in [2.45, 2.75) is 63.5 Å². The third kappa shape index (κ3) is 10.9. The molecule has 0 amide bonds. The molecule has 3 fully saturated rings. The van der Waals surface area contributed by atoms with Crippen molar-refractivity contribution < 1.29 is 0 Å². The van der Waals surface area contributed by atoms with Crippen LogP contribution in [0.25, 0.3) is 0 Å². The average molecular weight is 543 g/mol. The molecule has 4 rings (SSSR count). The third-order valence-corrected chi connectivity index (χ3v) is 7.66. The zero-order valence-corrected chi connectivity index (χ0v) is 23.6. The summed E-state index contributed by atoms with van der Waals surface area (Å²) in [7, 11) is 0. The van der Waals surface area contributed by atoms with Crippen molar-refractivity contribution in [2.24, 2.45) is 15.9 Å². The van der Waals surface area contributed by atoms with Crippen molar-refractivity contribution >= 4 is 29.5 Å². The minimum Gasteiger partial charge on any atom is -0.367 e. The topological polar surface area (TPSA) is 152 Å². The highest BCUT2D eigenvalue weighted by atomic mass is 15.3. The molecular formula is C27H50N12. The number of nitrogens with zero attached hydrogens (tertiary/aromatic N) is 5. The monoisotopic (exact) mass is 542 g/mol. The third-order valence-electron chi connectivity index (χ3n) is 7.66. The Bertz CT molecular complexity index is 874. The molecule has 1 aliphatic carbocycles. The molecule has 0 atom stereocenters. The Labute approximate surface area is 233 Å². The fourth-order valence-electron chi connectivity index (χ4n) is 5.37. The van der Waals surface area contributed by atoms with Gasteiger partial charge in [-0.1, -0.05) is 19.3 Å². The molecule has 0 radical (unpaired) electrons. The van der Waals surface area contributed by atoms with Gasteiger partial charge in [-0.05, 0) is 51.7 Å². The van der Waals surface area contributed by atoms with Gasteiger partial charge in [0.25, 0.3) is 0 Å². The van der Waals surface area contributed by atoms with Crippen LogP contribution in [-0.4, -0.2) is 106 Å². The number of piperazine rings is 1. The molecule has 0 aromatic carbocycles. The van der Waals surface area contributed by atoms with Crippen LogP contribution in [0.5, 0.6) is 0 Å². The average Bonchev–Trinajstić information content (AvgIpc) is 2.99. The van der Waals surface area contributed by atoms with Crippen molar-refractivity contribution in [3.05, 3.63) is 6.07 Å². The van der Waals surface area contributed by atoms with E-state index in [1.165, 1.54) is 32.1 Å². The molecule has 0 bridgehead atoms. The van der Waals surface area contributed by atoms with Gasteiger partial charge >= 0.3 is 0 Å². The van der Waals surface area contributed by atoms with E-state index in [9.17, 15) is 0 Å². The Kier molecular flexibility index (Phi) is 13.0. The predicted molar refractivity (Wildman–Crippen MR) is 162 cm³/mol. The Morgan fingerprint density at radius 3 is 2.56 bits per heavy atom. The Morgan fingerprint density at radius 1 is 0.974 bits per heavy atom. The largest absolute Gasteiger partial charge is 0.367 e. The predicted octanol–water partition coefficient (Wildman–Crippen LogP) is 0.750. The second-order valence-electron chi connectivity index (χ2n) is 10.7. The molecule has 12 heteroatoms. The highest BCUT2D eigenvalue weighted by Gasteiger charge is 2.18. The zero-order valence-electron chi connectivity index (χ0n) is 23.6. The first-order chi connectivity index (χ1) is 19.3. The molecule has 3 aliphatic rings. The van der Waals surface area contributed by atoms with Gasteiger partial charge in [0.1, 0.15) is 11.6 Å². The zero-order chi connectivity index (χ0) is 27.0. The van der Waals surface area contributed by atoms with Crippen LogP contribution in [0.4, 0.5) is 17.6 Å². The summed E-state index contributed by atoms with van der Waals surface area (Å²) in [5.74, 6) is 8.02. The van der Waals surface area contributed by atoms with E-state index in [1.54, 1.807) is 6.21 Å². The van der Waals surface area contributed by atoms with E-state index in [4.69, 9.17) is 15.8 Å². The smallest absolute Gasteiger partial charge is 0.226 e. The maximum Gasteiger partial charge on any atom is 0.226 e. The number of aliphatic imine (C=N–C) groups is 1. The van der Waals surface area contributed by atoms with Crippen LogP contribution in [0.3, 0.4) is 0 Å². The Balaban J connectivity index is 1.19. The summed E-state index contributed by atoms with van der Waals surface area (Å²) in [5, 5.41) is 24.9. The lowest BCUT2D eigenvalue weighted by Gasteiger charge is -2.29. The van der Waals surface area contributed by atoms with Crippen LogP contribution in [0.1, 0.15) is 51.4 Å². The molecule has 39 heavy (non-hydrogen) atoms. The van der Waals surface area contributed by atoms with Crippen LogP contribution in [-0.2, 0) is 0 Å². The van der Waals surface area contributed by atoms with Crippen molar-refractivity contribution in [3.8, 4) is 0 Å². The first-order valence-electron chi connectivity index (χ1n) is 15.1. The molecule has 2 aliphatic heterocycles. The van der Waals surface area contributed by atoms with Crippen molar-refractivity contribution in [2.75, 3.05) is 87.5 Å². The molecule has 12 nitrogen and oxygen atoms in total. The lowest BCUT2D eigenvalue weighted by atomic mass is 9.95. The van der Waals surface area contributed by atoms with Crippen LogP contribution in [0.2, 0.25) is 0 Å². The van der Waals surface area contributed by atoms with Crippen molar-refractivity contribution in [3.63, 3.8) is 0 Å². The number of rotatable bonds is 15. The summed E-state index contributed by atoms with van der Waals surface area (Å²) >= 11 is 0. The molecule has 1 aromatic rings. The number of nitrogens with two attached hydrogens (primary N) is 1. The van der Waals surface area contributed by atoms with E-state index in [0.29, 0.717) is 24.2 Å². The van der Waals surface area contributed by atoms with Crippen LogP contribution < -0.4 is 42.6 Å². The lowest BCUT2D eigenvalue weighted by Crippen LogP contribution is -2.44. The first-order valence-corrected chi connectivity index (χ1v) is 15.1. The van der Waals surface area contributed by atoms with Gasteiger partial charge in [0.2, 0.25) is 5.95 Å². The van der Waals surface area contributed by atoms with Crippen LogP contribution in [0.15, 0.2) is 16.2 Å². The van der Waals surface area contributed by atoms with Gasteiger partial charge in [0.15, 0.2) is 0 Å². The minimum atomic E-state index is 0.417. The van der Waals surface area contributed by atoms with Gasteiger partial charge in [0.05, 0.1) is 12.3 Å². The van der Waals surface area contributed by atoms with Crippen molar-refractivity contribution in [1.82, 2.24) is 31.2 Å². The second kappa shape index (κ2) is 17.2. The SMILES string of the molecule is NN=C(C=NCCCNCCNC1CCCCC1)CNc1nc(NC2CCNCC2)cc(N2CCNCC2)n1. The molecule has 0 unspecified atom stereocenters. The van der Waals surface area contributed by atoms with E-state index < -0.39 is 0 Å². The standard InChI is InChI=1S/C27H50N12/c28-38-24(20-32-10-4-9-29-13-14-33-22-5-2-1-3-6-22)21-34-27-36-25(35-23-7-11-30-12-8-23)19-26(37-27)39-17-15-31-16-18-39/h19-20,22-23,29-31,33H,1-18,21,28H2,(H2,34,35,36,37). The number of aromatic nitrogens is 2. The van der Waals surface area contributed by atoms with E-state index in [-0.39, 0.29) is 0 Å². The minimum absolute atomic E-state index is 0.417. The number of hydrogen-bond acceptors (Lipinski definition) is 12. The van der Waals surface area contributed by atoms with Gasteiger partial charge in [-0.15, -0.1) is 0 Å². The molecule has 8 N–H and O–H groups in total. The normalized spacial score (nSPS) is 20.0. The quantitative estimate of drug-likeness (QED) is 0.0732. The molecule has 2 saturated heterocycles. The second-order valence-corrected chi connectivity index (χ2v) is 10.7. The molecule has 0 spiro atoms. The number of hydrogen-bond donors (Lipinski definition) is 7. The summed E-state index contributed by atoms with van der Waals surface area (Å²) in [5.41, 5.74) is 0.670.